The van der Waals surface area contributed by atoms with Crippen LogP contribution in [0.2, 0.25) is 0 Å². The number of thioether (sulfide) groups is 1. The van der Waals surface area contributed by atoms with E-state index in [-0.39, 0.29) is 17.9 Å². The fourth-order valence-corrected chi connectivity index (χ4v) is 5.19. The largest absolute Gasteiger partial charge is 0.352 e. The maximum Gasteiger partial charge on any atom is 0.242 e. The molecule has 1 atom stereocenters. The van der Waals surface area contributed by atoms with Crippen LogP contribution in [0.4, 0.5) is 0 Å². The lowest BCUT2D eigenvalue weighted by atomic mass is 9.95. The fourth-order valence-electron chi connectivity index (χ4n) is 4.06. The SMILES string of the molecule is CC(C(=O)NC1CCCCC1)N(CCc1ccccc1)C(=O)CSCc1ccc(Br)cc1. The first-order valence-electron chi connectivity index (χ1n) is 11.5. The molecule has 2 aromatic carbocycles. The van der Waals surface area contributed by atoms with Gasteiger partial charge in [0.05, 0.1) is 5.75 Å². The fraction of sp³-hybridized carbons (Fsp3) is 0.462. The van der Waals surface area contributed by atoms with Gasteiger partial charge in [-0.15, -0.1) is 11.8 Å². The highest BCUT2D eigenvalue weighted by atomic mass is 79.9. The summed E-state index contributed by atoms with van der Waals surface area (Å²) in [5.41, 5.74) is 2.36. The summed E-state index contributed by atoms with van der Waals surface area (Å²) in [6.45, 7) is 2.40. The molecule has 2 aromatic rings. The molecule has 0 radical (unpaired) electrons. The highest BCUT2D eigenvalue weighted by Gasteiger charge is 2.27. The lowest BCUT2D eigenvalue weighted by molar-refractivity contribution is -0.138. The van der Waals surface area contributed by atoms with Crippen molar-refractivity contribution in [1.29, 1.82) is 0 Å². The van der Waals surface area contributed by atoms with Crippen LogP contribution in [0.5, 0.6) is 0 Å². The Morgan fingerprint density at radius 1 is 1.03 bits per heavy atom. The second-order valence-corrected chi connectivity index (χ2v) is 10.4. The molecule has 1 N–H and O–H groups in total. The Kier molecular flexibility index (Phi) is 10.1. The average Bonchev–Trinajstić information content (AvgIpc) is 2.81. The first-order chi connectivity index (χ1) is 15.5. The van der Waals surface area contributed by atoms with Crippen LogP contribution >= 0.6 is 27.7 Å². The van der Waals surface area contributed by atoms with E-state index in [1.54, 1.807) is 16.7 Å². The zero-order valence-electron chi connectivity index (χ0n) is 18.8. The Morgan fingerprint density at radius 3 is 2.41 bits per heavy atom. The van der Waals surface area contributed by atoms with E-state index in [1.165, 1.54) is 30.4 Å². The van der Waals surface area contributed by atoms with Gasteiger partial charge in [-0.2, -0.15) is 0 Å². The highest BCUT2D eigenvalue weighted by molar-refractivity contribution is 9.10. The average molecular weight is 518 g/mol. The second kappa shape index (κ2) is 13.0. The standard InChI is InChI=1S/C26H33BrN2O2S/c1-20(26(31)28-24-10-6-3-7-11-24)29(17-16-21-8-4-2-5-9-21)25(30)19-32-18-22-12-14-23(27)15-13-22/h2,4-5,8-9,12-15,20,24H,3,6-7,10-11,16-19H2,1H3,(H,28,31). The third-order valence-electron chi connectivity index (χ3n) is 6.01. The van der Waals surface area contributed by atoms with Crippen molar-refractivity contribution >= 4 is 39.5 Å². The molecular weight excluding hydrogens is 484 g/mol. The molecule has 0 aromatic heterocycles. The number of rotatable bonds is 10. The van der Waals surface area contributed by atoms with E-state index in [1.807, 2.05) is 37.3 Å². The molecule has 0 bridgehead atoms. The van der Waals surface area contributed by atoms with Gasteiger partial charge in [0.1, 0.15) is 6.04 Å². The molecule has 0 aliphatic heterocycles. The molecule has 0 heterocycles. The van der Waals surface area contributed by atoms with Gasteiger partial charge in [-0.1, -0.05) is 77.7 Å². The van der Waals surface area contributed by atoms with Crippen LogP contribution in [0.1, 0.15) is 50.2 Å². The zero-order chi connectivity index (χ0) is 22.8. The van der Waals surface area contributed by atoms with Gasteiger partial charge in [0, 0.05) is 22.8 Å². The molecular formula is C26H33BrN2O2S. The first-order valence-corrected chi connectivity index (χ1v) is 13.4. The van der Waals surface area contributed by atoms with Gasteiger partial charge in [0.15, 0.2) is 0 Å². The number of amides is 2. The van der Waals surface area contributed by atoms with Crippen LogP contribution in [0.25, 0.3) is 0 Å². The quantitative estimate of drug-likeness (QED) is 0.447. The van der Waals surface area contributed by atoms with Gasteiger partial charge < -0.3 is 10.2 Å². The summed E-state index contributed by atoms with van der Waals surface area (Å²) >= 11 is 5.05. The van der Waals surface area contributed by atoms with E-state index in [2.05, 4.69) is 45.5 Å². The Balaban J connectivity index is 1.59. The van der Waals surface area contributed by atoms with Gasteiger partial charge in [-0.05, 0) is 49.4 Å². The Bertz CT molecular complexity index is 854. The van der Waals surface area contributed by atoms with Crippen LogP contribution in [0, 0.1) is 0 Å². The summed E-state index contributed by atoms with van der Waals surface area (Å²) < 4.78 is 1.05. The molecule has 3 rings (SSSR count). The van der Waals surface area contributed by atoms with Crippen LogP contribution < -0.4 is 5.32 Å². The van der Waals surface area contributed by atoms with Crippen molar-refractivity contribution in [3.8, 4) is 0 Å². The van der Waals surface area contributed by atoms with Crippen LogP contribution in [0.15, 0.2) is 59.1 Å². The van der Waals surface area contributed by atoms with Gasteiger partial charge in [-0.3, -0.25) is 9.59 Å². The normalized spacial score (nSPS) is 15.2. The molecule has 6 heteroatoms. The molecule has 2 amide bonds. The van der Waals surface area contributed by atoms with E-state index in [4.69, 9.17) is 0 Å². The van der Waals surface area contributed by atoms with Crippen molar-refractivity contribution in [2.45, 2.75) is 63.3 Å². The molecule has 0 spiro atoms. The minimum atomic E-state index is -0.471. The number of carbonyl (C=O) groups excluding carboxylic acids is 2. The number of benzene rings is 2. The Hall–Kier alpha value is -1.79. The van der Waals surface area contributed by atoms with Crippen molar-refractivity contribution in [1.82, 2.24) is 10.2 Å². The molecule has 0 saturated heterocycles. The van der Waals surface area contributed by atoms with Crippen LogP contribution in [-0.2, 0) is 21.8 Å². The molecule has 1 fully saturated rings. The third kappa shape index (κ3) is 7.96. The second-order valence-electron chi connectivity index (χ2n) is 8.46. The molecule has 32 heavy (non-hydrogen) atoms. The van der Waals surface area contributed by atoms with Crippen molar-refractivity contribution < 1.29 is 9.59 Å². The monoisotopic (exact) mass is 516 g/mol. The maximum absolute atomic E-state index is 13.2. The Morgan fingerprint density at radius 2 is 1.72 bits per heavy atom. The maximum atomic E-state index is 13.2. The minimum absolute atomic E-state index is 0.0225. The number of nitrogens with zero attached hydrogens (tertiary/aromatic N) is 1. The van der Waals surface area contributed by atoms with Gasteiger partial charge in [-0.25, -0.2) is 0 Å². The first kappa shape index (κ1) is 24.8. The smallest absolute Gasteiger partial charge is 0.242 e. The third-order valence-corrected chi connectivity index (χ3v) is 7.53. The number of hydrogen-bond acceptors (Lipinski definition) is 3. The molecule has 1 aliphatic carbocycles. The summed E-state index contributed by atoms with van der Waals surface area (Å²) in [5.74, 6) is 1.13. The van der Waals surface area contributed by atoms with Crippen molar-refractivity contribution in [3.05, 3.63) is 70.2 Å². The molecule has 1 aliphatic rings. The number of nitrogens with one attached hydrogen (secondary N) is 1. The predicted octanol–water partition coefficient (Wildman–Crippen LogP) is 5.59. The van der Waals surface area contributed by atoms with Gasteiger partial charge >= 0.3 is 0 Å². The van der Waals surface area contributed by atoms with E-state index in [9.17, 15) is 9.59 Å². The van der Waals surface area contributed by atoms with Crippen molar-refractivity contribution in [3.63, 3.8) is 0 Å². The van der Waals surface area contributed by atoms with E-state index >= 15 is 0 Å². The summed E-state index contributed by atoms with van der Waals surface area (Å²) in [6.07, 6.45) is 6.41. The van der Waals surface area contributed by atoms with E-state index < -0.39 is 6.04 Å². The van der Waals surface area contributed by atoms with Gasteiger partial charge in [0.2, 0.25) is 11.8 Å². The van der Waals surface area contributed by atoms with Crippen molar-refractivity contribution in [2.24, 2.45) is 0 Å². The number of carbonyl (C=O) groups is 2. The van der Waals surface area contributed by atoms with E-state index in [0.29, 0.717) is 12.3 Å². The zero-order valence-corrected chi connectivity index (χ0v) is 21.2. The summed E-state index contributed by atoms with van der Waals surface area (Å²) in [5, 5.41) is 3.20. The van der Waals surface area contributed by atoms with Crippen molar-refractivity contribution in [2.75, 3.05) is 12.3 Å². The summed E-state index contributed by atoms with van der Waals surface area (Å²) in [6, 6.07) is 18.1. The lowest BCUT2D eigenvalue weighted by Gasteiger charge is -2.31. The van der Waals surface area contributed by atoms with Gasteiger partial charge in [0.25, 0.3) is 0 Å². The highest BCUT2D eigenvalue weighted by Crippen LogP contribution is 2.19. The summed E-state index contributed by atoms with van der Waals surface area (Å²) in [7, 11) is 0. The summed E-state index contributed by atoms with van der Waals surface area (Å²) in [4.78, 5) is 27.9. The Labute approximate surface area is 204 Å². The molecule has 4 nitrogen and oxygen atoms in total. The molecule has 1 saturated carbocycles. The lowest BCUT2D eigenvalue weighted by Crippen LogP contribution is -2.51. The molecule has 172 valence electrons. The number of hydrogen-bond donors (Lipinski definition) is 1. The topological polar surface area (TPSA) is 49.4 Å². The molecule has 1 unspecified atom stereocenters. The van der Waals surface area contributed by atoms with Crippen LogP contribution in [0.3, 0.4) is 0 Å². The van der Waals surface area contributed by atoms with Crippen LogP contribution in [-0.4, -0.2) is 41.1 Å². The van der Waals surface area contributed by atoms with E-state index in [0.717, 1.165) is 29.5 Å². The number of halogens is 1. The predicted molar refractivity (Wildman–Crippen MR) is 137 cm³/mol. The minimum Gasteiger partial charge on any atom is -0.352 e.